The average Bonchev–Trinajstić information content (AvgIpc) is 2.94. The summed E-state index contributed by atoms with van der Waals surface area (Å²) < 4.78 is 13.1. The highest BCUT2D eigenvalue weighted by Crippen LogP contribution is 2.38. The molecular formula is C23H38BrNO3Si. The molecule has 1 heterocycles. The topological polar surface area (TPSA) is 38.8 Å². The second kappa shape index (κ2) is 8.72. The van der Waals surface area contributed by atoms with E-state index in [1.807, 2.05) is 4.90 Å². The highest BCUT2D eigenvalue weighted by molar-refractivity contribution is 9.10. The summed E-state index contributed by atoms with van der Waals surface area (Å²) in [4.78, 5) is 14.8. The smallest absolute Gasteiger partial charge is 0.223 e. The summed E-state index contributed by atoms with van der Waals surface area (Å²) in [5.41, 5.74) is 1.86. The van der Waals surface area contributed by atoms with Gasteiger partial charge in [-0.25, -0.2) is 0 Å². The number of carbonyl (C=O) groups is 1. The number of rotatable bonds is 6. The maximum absolute atomic E-state index is 12.8. The Bertz CT molecular complexity index is 750. The van der Waals surface area contributed by atoms with Crippen molar-refractivity contribution < 1.29 is 14.0 Å². The van der Waals surface area contributed by atoms with E-state index in [1.54, 1.807) is 7.11 Å². The molecule has 0 aromatic heterocycles. The Balaban J connectivity index is 2.30. The molecule has 0 unspecified atom stereocenters. The largest absolute Gasteiger partial charge is 0.496 e. The number of halogens is 1. The number of hydrogen-bond donors (Lipinski definition) is 0. The van der Waals surface area contributed by atoms with Crippen molar-refractivity contribution >= 4 is 31.6 Å². The van der Waals surface area contributed by atoms with Crippen LogP contribution in [0.5, 0.6) is 5.75 Å². The quantitative estimate of drug-likeness (QED) is 0.512. The number of likely N-dealkylation sites (tertiary alicyclic amines) is 1. The van der Waals surface area contributed by atoms with Crippen LogP contribution < -0.4 is 4.74 Å². The van der Waals surface area contributed by atoms with Gasteiger partial charge in [0.2, 0.25) is 5.91 Å². The Morgan fingerprint density at radius 1 is 1.14 bits per heavy atom. The highest BCUT2D eigenvalue weighted by atomic mass is 79.9. The van der Waals surface area contributed by atoms with Crippen LogP contribution in [0.3, 0.4) is 0 Å². The lowest BCUT2D eigenvalue weighted by molar-refractivity contribution is -0.132. The Labute approximate surface area is 187 Å². The van der Waals surface area contributed by atoms with Gasteiger partial charge in [-0.1, -0.05) is 57.5 Å². The molecule has 1 atom stereocenters. The Kier molecular flexibility index (Phi) is 7.34. The third-order valence-corrected chi connectivity index (χ3v) is 8.02. The van der Waals surface area contributed by atoms with Gasteiger partial charge in [0.15, 0.2) is 9.76 Å². The molecule has 4 nitrogen and oxygen atoms in total. The lowest BCUT2D eigenvalue weighted by Gasteiger charge is -2.40. The van der Waals surface area contributed by atoms with Crippen LogP contribution >= 0.6 is 15.9 Å². The van der Waals surface area contributed by atoms with E-state index in [0.717, 1.165) is 27.8 Å². The number of ether oxygens (including phenoxy) is 1. The fourth-order valence-electron chi connectivity index (χ4n) is 3.81. The normalized spacial score (nSPS) is 18.9. The van der Waals surface area contributed by atoms with E-state index in [4.69, 9.17) is 9.16 Å². The van der Waals surface area contributed by atoms with Gasteiger partial charge in [0.05, 0.1) is 18.8 Å². The van der Waals surface area contributed by atoms with Crippen molar-refractivity contribution in [2.75, 3.05) is 7.11 Å². The first kappa shape index (κ1) is 24.4. The first-order valence-corrected chi connectivity index (χ1v) is 12.5. The molecule has 0 aliphatic carbocycles. The molecule has 0 saturated carbocycles. The molecular weight excluding hydrogens is 446 g/mol. The SMILES string of the molecule is COc1cc(CN2C(=O)CC[C@H]2C(C)(C)O[SiH2]C(C)(C)C)c(Br)cc1C(C)(C)C. The number of amides is 1. The zero-order valence-electron chi connectivity index (χ0n) is 19.6. The summed E-state index contributed by atoms with van der Waals surface area (Å²) >= 11 is 3.74. The minimum absolute atomic E-state index is 0.0220. The van der Waals surface area contributed by atoms with E-state index in [0.29, 0.717) is 13.0 Å². The van der Waals surface area contributed by atoms with Crippen molar-refractivity contribution in [1.82, 2.24) is 4.90 Å². The fourth-order valence-corrected chi connectivity index (χ4v) is 5.27. The van der Waals surface area contributed by atoms with Crippen LogP contribution in [0.1, 0.15) is 79.4 Å². The second-order valence-corrected chi connectivity index (χ2v) is 14.5. The van der Waals surface area contributed by atoms with E-state index >= 15 is 0 Å². The van der Waals surface area contributed by atoms with Gasteiger partial charge in [0.1, 0.15) is 5.75 Å². The number of methoxy groups -OCH3 is 1. The van der Waals surface area contributed by atoms with Crippen LogP contribution in [0.25, 0.3) is 0 Å². The van der Waals surface area contributed by atoms with E-state index in [9.17, 15) is 4.79 Å². The lowest BCUT2D eigenvalue weighted by atomic mass is 9.85. The molecule has 6 heteroatoms. The summed E-state index contributed by atoms with van der Waals surface area (Å²) in [5.74, 6) is 1.07. The number of benzene rings is 1. The minimum Gasteiger partial charge on any atom is -0.496 e. The first-order valence-electron chi connectivity index (χ1n) is 10.5. The van der Waals surface area contributed by atoms with Crippen LogP contribution in [-0.4, -0.2) is 39.3 Å². The van der Waals surface area contributed by atoms with Gasteiger partial charge in [-0.15, -0.1) is 0 Å². The molecule has 0 N–H and O–H groups in total. The second-order valence-electron chi connectivity index (χ2n) is 10.9. The van der Waals surface area contributed by atoms with Crippen molar-refractivity contribution in [2.45, 2.75) is 96.9 Å². The molecule has 0 radical (unpaired) electrons. The molecule has 29 heavy (non-hydrogen) atoms. The van der Waals surface area contributed by atoms with E-state index in [-0.39, 0.29) is 28.0 Å². The van der Waals surface area contributed by atoms with Gasteiger partial charge in [-0.2, -0.15) is 0 Å². The van der Waals surface area contributed by atoms with Crippen molar-refractivity contribution in [3.8, 4) is 5.75 Å². The molecule has 2 rings (SSSR count). The van der Waals surface area contributed by atoms with Gasteiger partial charge < -0.3 is 14.1 Å². The molecule has 1 aliphatic rings. The van der Waals surface area contributed by atoms with Crippen LogP contribution in [-0.2, 0) is 21.2 Å². The molecule has 1 saturated heterocycles. The Morgan fingerprint density at radius 2 is 1.76 bits per heavy atom. The van der Waals surface area contributed by atoms with Gasteiger partial charge in [0, 0.05) is 23.0 Å². The molecule has 164 valence electrons. The zero-order chi connectivity index (χ0) is 22.2. The lowest BCUT2D eigenvalue weighted by Crippen LogP contribution is -2.49. The molecule has 1 aromatic carbocycles. The maximum atomic E-state index is 12.8. The summed E-state index contributed by atoms with van der Waals surface area (Å²) in [5, 5.41) is 0.226. The van der Waals surface area contributed by atoms with Gasteiger partial charge in [0.25, 0.3) is 0 Å². The number of carbonyl (C=O) groups excluding carboxylic acids is 1. The van der Waals surface area contributed by atoms with Gasteiger partial charge in [-0.3, -0.25) is 4.79 Å². The number of nitrogens with zero attached hydrogens (tertiary/aromatic N) is 1. The van der Waals surface area contributed by atoms with Crippen LogP contribution in [0, 0.1) is 0 Å². The third kappa shape index (κ3) is 6.08. The highest BCUT2D eigenvalue weighted by Gasteiger charge is 2.42. The Hall–Kier alpha value is -0.853. The van der Waals surface area contributed by atoms with E-state index < -0.39 is 9.76 Å². The molecule has 1 aromatic rings. The monoisotopic (exact) mass is 483 g/mol. The van der Waals surface area contributed by atoms with Gasteiger partial charge in [-0.05, 0) is 48.4 Å². The average molecular weight is 485 g/mol. The third-order valence-electron chi connectivity index (χ3n) is 5.53. The Morgan fingerprint density at radius 3 is 2.28 bits per heavy atom. The van der Waals surface area contributed by atoms with Crippen LogP contribution in [0.4, 0.5) is 0 Å². The van der Waals surface area contributed by atoms with Gasteiger partial charge >= 0.3 is 0 Å². The molecule has 1 aliphatic heterocycles. The van der Waals surface area contributed by atoms with Crippen molar-refractivity contribution in [3.63, 3.8) is 0 Å². The summed E-state index contributed by atoms with van der Waals surface area (Å²) in [6, 6.07) is 4.30. The van der Waals surface area contributed by atoms with Crippen LogP contribution in [0.2, 0.25) is 5.04 Å². The molecule has 0 bridgehead atoms. The summed E-state index contributed by atoms with van der Waals surface area (Å²) in [7, 11) is 1.00. The predicted octanol–water partition coefficient (Wildman–Crippen LogP) is 5.34. The molecule has 0 spiro atoms. The zero-order valence-corrected chi connectivity index (χ0v) is 22.6. The number of hydrogen-bond acceptors (Lipinski definition) is 3. The van der Waals surface area contributed by atoms with Crippen molar-refractivity contribution in [1.29, 1.82) is 0 Å². The maximum Gasteiger partial charge on any atom is 0.223 e. The predicted molar refractivity (Wildman–Crippen MR) is 126 cm³/mol. The van der Waals surface area contributed by atoms with Crippen LogP contribution in [0.15, 0.2) is 16.6 Å². The summed E-state index contributed by atoms with van der Waals surface area (Å²) in [6.07, 6.45) is 1.43. The van der Waals surface area contributed by atoms with Crippen molar-refractivity contribution in [3.05, 3.63) is 27.7 Å². The first-order chi connectivity index (χ1) is 13.2. The minimum atomic E-state index is -0.705. The summed E-state index contributed by atoms with van der Waals surface area (Å²) in [6.45, 7) is 18.1. The molecule has 1 amide bonds. The van der Waals surface area contributed by atoms with E-state index in [1.165, 1.54) is 0 Å². The standard InChI is InChI=1S/C23H38BrNO3Si/c1-21(2,3)16-13-17(24)15(12-18(16)27-9)14-25-19(10-11-20(25)26)23(7,8)28-29-22(4,5)6/h12-13,19H,10-11,14,29H2,1-9H3/t19-/m0/s1. The van der Waals surface area contributed by atoms with Crippen molar-refractivity contribution in [2.24, 2.45) is 0 Å². The van der Waals surface area contributed by atoms with E-state index in [2.05, 4.69) is 83.5 Å². The molecule has 1 fully saturated rings. The fraction of sp³-hybridized carbons (Fsp3) is 0.696.